The zero-order valence-electron chi connectivity index (χ0n) is 12.5. The number of piperidine rings is 1. The maximum absolute atomic E-state index is 12.3. The molecule has 112 valence electrons. The molecule has 2 atom stereocenters. The summed E-state index contributed by atoms with van der Waals surface area (Å²) in [6, 6.07) is 1.89. The minimum Gasteiger partial charge on any atom is -0.384 e. The lowest BCUT2D eigenvalue weighted by Crippen LogP contribution is -2.48. The van der Waals surface area contributed by atoms with Crippen molar-refractivity contribution in [2.24, 2.45) is 5.92 Å². The van der Waals surface area contributed by atoms with Crippen LogP contribution in [0.2, 0.25) is 0 Å². The molecular formula is C16H21N3O2. The lowest BCUT2D eigenvalue weighted by atomic mass is 9.94. The highest BCUT2D eigenvalue weighted by Gasteiger charge is 2.25. The normalized spacial score (nSPS) is 22.2. The van der Waals surface area contributed by atoms with Crippen LogP contribution in [0.3, 0.4) is 0 Å². The first kappa shape index (κ1) is 15.5. The maximum Gasteiger partial charge on any atom is 0.253 e. The van der Waals surface area contributed by atoms with Crippen LogP contribution in [-0.4, -0.2) is 53.7 Å². The van der Waals surface area contributed by atoms with Gasteiger partial charge in [0.25, 0.3) is 5.91 Å². The van der Waals surface area contributed by atoms with Crippen LogP contribution in [-0.2, 0) is 0 Å². The first-order chi connectivity index (χ1) is 10.1. The number of aromatic nitrogens is 1. The zero-order valence-corrected chi connectivity index (χ0v) is 12.5. The molecule has 1 fully saturated rings. The average Bonchev–Trinajstić information content (AvgIpc) is 2.48. The molecule has 1 saturated heterocycles. The third-order valence-corrected chi connectivity index (χ3v) is 3.74. The summed E-state index contributed by atoms with van der Waals surface area (Å²) in [6.07, 6.45) is 4.08. The molecule has 1 aliphatic rings. The number of pyridine rings is 1. The van der Waals surface area contributed by atoms with Crippen LogP contribution >= 0.6 is 0 Å². The number of nitrogens with one attached hydrogen (secondary N) is 1. The van der Waals surface area contributed by atoms with Crippen LogP contribution in [0.15, 0.2) is 18.5 Å². The standard InChI is InChI=1S/C16H21N3O2/c1-12-11-19(2)6-5-15(12)18-16(21)14-8-13(4-3-7-20)9-17-10-14/h8-10,12,15,20H,5-7,11H2,1-2H3,(H,18,21). The van der Waals surface area contributed by atoms with E-state index in [4.69, 9.17) is 5.11 Å². The van der Waals surface area contributed by atoms with E-state index >= 15 is 0 Å². The van der Waals surface area contributed by atoms with Crippen molar-refractivity contribution < 1.29 is 9.90 Å². The van der Waals surface area contributed by atoms with Crippen molar-refractivity contribution in [1.82, 2.24) is 15.2 Å². The van der Waals surface area contributed by atoms with Crippen LogP contribution in [0.5, 0.6) is 0 Å². The van der Waals surface area contributed by atoms with E-state index in [0.717, 1.165) is 19.5 Å². The smallest absolute Gasteiger partial charge is 0.253 e. The van der Waals surface area contributed by atoms with Crippen LogP contribution in [0.25, 0.3) is 0 Å². The lowest BCUT2D eigenvalue weighted by Gasteiger charge is -2.35. The number of hydrogen-bond donors (Lipinski definition) is 2. The number of amides is 1. The summed E-state index contributed by atoms with van der Waals surface area (Å²) in [5.74, 6) is 5.63. The Labute approximate surface area is 125 Å². The van der Waals surface area contributed by atoms with Gasteiger partial charge in [0, 0.05) is 30.5 Å². The van der Waals surface area contributed by atoms with E-state index in [1.165, 1.54) is 0 Å². The second-order valence-corrected chi connectivity index (χ2v) is 5.53. The van der Waals surface area contributed by atoms with Crippen LogP contribution in [0.1, 0.15) is 29.3 Å². The number of hydrogen-bond acceptors (Lipinski definition) is 4. The number of rotatable bonds is 2. The van der Waals surface area contributed by atoms with Gasteiger partial charge in [-0.05, 0) is 32.0 Å². The molecule has 0 aliphatic carbocycles. The van der Waals surface area contributed by atoms with Crippen molar-refractivity contribution in [3.8, 4) is 11.8 Å². The Kier molecular flexibility index (Phi) is 5.32. The molecule has 1 amide bonds. The molecule has 0 saturated carbocycles. The third kappa shape index (κ3) is 4.28. The van der Waals surface area contributed by atoms with E-state index in [1.54, 1.807) is 18.5 Å². The fourth-order valence-corrected chi connectivity index (χ4v) is 2.59. The van der Waals surface area contributed by atoms with E-state index < -0.39 is 0 Å². The van der Waals surface area contributed by atoms with E-state index in [9.17, 15) is 4.79 Å². The van der Waals surface area contributed by atoms with Gasteiger partial charge in [-0.15, -0.1) is 0 Å². The average molecular weight is 287 g/mol. The quantitative estimate of drug-likeness (QED) is 0.777. The second kappa shape index (κ2) is 7.21. The van der Waals surface area contributed by atoms with Crippen molar-refractivity contribution in [3.05, 3.63) is 29.6 Å². The number of likely N-dealkylation sites (tertiary alicyclic amines) is 1. The fraction of sp³-hybridized carbons (Fsp3) is 0.500. The van der Waals surface area contributed by atoms with E-state index in [1.807, 2.05) is 0 Å². The van der Waals surface area contributed by atoms with Gasteiger partial charge in [-0.25, -0.2) is 0 Å². The SMILES string of the molecule is CC1CN(C)CCC1NC(=O)c1cncc(C#CCO)c1. The number of nitrogens with zero attached hydrogens (tertiary/aromatic N) is 2. The Hall–Kier alpha value is -1.90. The Bertz CT molecular complexity index is 562. The fourth-order valence-electron chi connectivity index (χ4n) is 2.59. The van der Waals surface area contributed by atoms with Crippen molar-refractivity contribution in [2.45, 2.75) is 19.4 Å². The van der Waals surface area contributed by atoms with Gasteiger partial charge in [0.15, 0.2) is 0 Å². The predicted molar refractivity (Wildman–Crippen MR) is 80.7 cm³/mol. The molecule has 5 nitrogen and oxygen atoms in total. The molecule has 5 heteroatoms. The number of carbonyl (C=O) groups excluding carboxylic acids is 1. The maximum atomic E-state index is 12.3. The molecule has 0 radical (unpaired) electrons. The van der Waals surface area contributed by atoms with E-state index in [-0.39, 0.29) is 18.6 Å². The predicted octanol–water partition coefficient (Wildman–Crippen LogP) is 0.495. The largest absolute Gasteiger partial charge is 0.384 e. The number of aliphatic hydroxyl groups excluding tert-OH is 1. The summed E-state index contributed by atoms with van der Waals surface area (Å²) in [5.41, 5.74) is 1.14. The first-order valence-electron chi connectivity index (χ1n) is 7.14. The van der Waals surface area contributed by atoms with Gasteiger partial charge in [-0.1, -0.05) is 18.8 Å². The summed E-state index contributed by atoms with van der Waals surface area (Å²) >= 11 is 0. The van der Waals surface area contributed by atoms with Gasteiger partial charge in [-0.2, -0.15) is 0 Å². The molecule has 21 heavy (non-hydrogen) atoms. The van der Waals surface area contributed by atoms with Gasteiger partial charge in [0.2, 0.25) is 0 Å². The van der Waals surface area contributed by atoms with Crippen molar-refractivity contribution in [1.29, 1.82) is 0 Å². The summed E-state index contributed by atoms with van der Waals surface area (Å²) in [5, 5.41) is 11.8. The van der Waals surface area contributed by atoms with E-state index in [2.05, 4.69) is 41.0 Å². The summed E-state index contributed by atoms with van der Waals surface area (Å²) < 4.78 is 0. The second-order valence-electron chi connectivity index (χ2n) is 5.53. The summed E-state index contributed by atoms with van der Waals surface area (Å²) in [6.45, 7) is 3.94. The minimum atomic E-state index is -0.205. The number of aliphatic hydroxyl groups is 1. The van der Waals surface area contributed by atoms with Crippen LogP contribution in [0.4, 0.5) is 0 Å². The highest BCUT2D eigenvalue weighted by Crippen LogP contribution is 2.16. The molecule has 2 heterocycles. The van der Waals surface area contributed by atoms with Gasteiger partial charge >= 0.3 is 0 Å². The Morgan fingerprint density at radius 3 is 3.10 bits per heavy atom. The van der Waals surface area contributed by atoms with Crippen molar-refractivity contribution in [2.75, 3.05) is 26.7 Å². The summed E-state index contributed by atoms with van der Waals surface area (Å²) in [4.78, 5) is 18.6. The van der Waals surface area contributed by atoms with Crippen LogP contribution in [0, 0.1) is 17.8 Å². The van der Waals surface area contributed by atoms with E-state index in [0.29, 0.717) is 17.0 Å². The monoisotopic (exact) mass is 287 g/mol. The zero-order chi connectivity index (χ0) is 15.2. The highest BCUT2D eigenvalue weighted by atomic mass is 16.2. The molecular weight excluding hydrogens is 266 g/mol. The molecule has 0 aromatic carbocycles. The Morgan fingerprint density at radius 1 is 1.57 bits per heavy atom. The van der Waals surface area contributed by atoms with Crippen LogP contribution < -0.4 is 5.32 Å². The molecule has 1 aromatic rings. The topological polar surface area (TPSA) is 65.5 Å². The molecule has 2 unspecified atom stereocenters. The molecule has 1 aromatic heterocycles. The minimum absolute atomic E-state index is 0.114. The molecule has 2 N–H and O–H groups in total. The third-order valence-electron chi connectivity index (χ3n) is 3.74. The Morgan fingerprint density at radius 2 is 2.38 bits per heavy atom. The molecule has 1 aliphatic heterocycles. The van der Waals surface area contributed by atoms with Gasteiger partial charge in [-0.3, -0.25) is 9.78 Å². The lowest BCUT2D eigenvalue weighted by molar-refractivity contribution is 0.0883. The van der Waals surface area contributed by atoms with Crippen molar-refractivity contribution >= 4 is 5.91 Å². The molecule has 2 rings (SSSR count). The van der Waals surface area contributed by atoms with Crippen molar-refractivity contribution in [3.63, 3.8) is 0 Å². The van der Waals surface area contributed by atoms with Gasteiger partial charge in [0.05, 0.1) is 5.56 Å². The first-order valence-corrected chi connectivity index (χ1v) is 7.14. The Balaban J connectivity index is 2.03. The van der Waals surface area contributed by atoms with Gasteiger partial charge in [0.1, 0.15) is 6.61 Å². The molecule has 0 bridgehead atoms. The van der Waals surface area contributed by atoms with Gasteiger partial charge < -0.3 is 15.3 Å². The molecule has 0 spiro atoms. The number of carbonyl (C=O) groups is 1. The summed E-state index contributed by atoms with van der Waals surface area (Å²) in [7, 11) is 2.10. The highest BCUT2D eigenvalue weighted by molar-refractivity contribution is 5.94.